The molecule has 0 aromatic heterocycles. The van der Waals surface area contributed by atoms with Crippen LogP contribution in [0.25, 0.3) is 0 Å². The highest BCUT2D eigenvalue weighted by molar-refractivity contribution is 6.36. The van der Waals surface area contributed by atoms with Crippen LogP contribution in [0.1, 0.15) is 17.5 Å². The molecule has 0 spiro atoms. The van der Waals surface area contributed by atoms with Gasteiger partial charge in [0.2, 0.25) is 0 Å². The van der Waals surface area contributed by atoms with Crippen molar-refractivity contribution in [3.05, 3.63) is 62.6 Å². The van der Waals surface area contributed by atoms with Gasteiger partial charge in [0.25, 0.3) is 0 Å². The predicted molar refractivity (Wildman–Crippen MR) is 109 cm³/mol. The van der Waals surface area contributed by atoms with E-state index in [1.54, 1.807) is 24.3 Å². The van der Waals surface area contributed by atoms with Crippen molar-refractivity contribution >= 4 is 34.8 Å². The van der Waals surface area contributed by atoms with Crippen molar-refractivity contribution < 1.29 is 9.84 Å². The van der Waals surface area contributed by atoms with Crippen LogP contribution in [0.3, 0.4) is 0 Å². The van der Waals surface area contributed by atoms with Crippen molar-refractivity contribution in [2.75, 3.05) is 26.2 Å². The van der Waals surface area contributed by atoms with Gasteiger partial charge in [-0.3, -0.25) is 0 Å². The lowest BCUT2D eigenvalue weighted by Crippen LogP contribution is -2.24. The van der Waals surface area contributed by atoms with Gasteiger partial charge in [0, 0.05) is 39.3 Å². The molecule has 0 bridgehead atoms. The summed E-state index contributed by atoms with van der Waals surface area (Å²) in [5.41, 5.74) is 1.74. The monoisotopic (exact) mass is 416 g/mol. The third-order valence-corrected chi connectivity index (χ3v) is 4.71. The molecule has 0 fully saturated rings. The number of rotatable bonds is 11. The maximum atomic E-state index is 8.72. The van der Waals surface area contributed by atoms with Crippen molar-refractivity contribution in [3.8, 4) is 5.75 Å². The Morgan fingerprint density at radius 3 is 2.38 bits per heavy atom. The van der Waals surface area contributed by atoms with Crippen molar-refractivity contribution in [1.29, 1.82) is 0 Å². The third kappa shape index (κ3) is 6.95. The fraction of sp³-hybridized carbons (Fsp3) is 0.368. The van der Waals surface area contributed by atoms with E-state index in [-0.39, 0.29) is 13.2 Å². The molecule has 3 N–H and O–H groups in total. The molecule has 26 heavy (non-hydrogen) atoms. The highest BCUT2D eigenvalue weighted by atomic mass is 35.5. The Labute approximate surface area is 169 Å². The molecule has 0 radical (unpaired) electrons. The molecular formula is C19H23Cl3N2O2. The van der Waals surface area contributed by atoms with Crippen LogP contribution < -0.4 is 15.4 Å². The fourth-order valence-corrected chi connectivity index (χ4v) is 3.11. The van der Waals surface area contributed by atoms with Crippen LogP contribution in [0.4, 0.5) is 0 Å². The minimum atomic E-state index is 0.159. The Balaban J connectivity index is 1.90. The minimum Gasteiger partial charge on any atom is -0.488 e. The topological polar surface area (TPSA) is 53.5 Å². The van der Waals surface area contributed by atoms with Gasteiger partial charge in [-0.05, 0) is 49.8 Å². The Hall–Kier alpha value is -1.01. The summed E-state index contributed by atoms with van der Waals surface area (Å²) in [6.45, 7) is 3.42. The molecule has 4 nitrogen and oxygen atoms in total. The van der Waals surface area contributed by atoms with Crippen LogP contribution in [0.2, 0.25) is 15.1 Å². The van der Waals surface area contributed by atoms with Gasteiger partial charge in [0.15, 0.2) is 0 Å². The van der Waals surface area contributed by atoms with E-state index in [0.717, 1.165) is 36.4 Å². The number of halogens is 3. The number of benzene rings is 2. The Kier molecular flexibility index (Phi) is 9.54. The zero-order valence-electron chi connectivity index (χ0n) is 14.4. The lowest BCUT2D eigenvalue weighted by atomic mass is 10.2. The smallest absolute Gasteiger partial charge is 0.124 e. The summed E-state index contributed by atoms with van der Waals surface area (Å²) in [7, 11) is 0. The number of hydrogen-bond acceptors (Lipinski definition) is 4. The van der Waals surface area contributed by atoms with Gasteiger partial charge >= 0.3 is 0 Å². The van der Waals surface area contributed by atoms with Crippen molar-refractivity contribution in [2.45, 2.75) is 19.6 Å². The van der Waals surface area contributed by atoms with E-state index in [1.807, 2.05) is 12.1 Å². The third-order valence-electron chi connectivity index (χ3n) is 3.77. The normalized spacial score (nSPS) is 10.9. The van der Waals surface area contributed by atoms with E-state index in [4.69, 9.17) is 44.6 Å². The summed E-state index contributed by atoms with van der Waals surface area (Å²) in [5.74, 6) is 0.747. The SMILES string of the molecule is OCCNCCCNCc1cc(Cl)ccc1OCc1c(Cl)cccc1Cl. The highest BCUT2D eigenvalue weighted by Gasteiger charge is 2.09. The quantitative estimate of drug-likeness (QED) is 0.477. The Morgan fingerprint density at radius 2 is 1.65 bits per heavy atom. The van der Waals surface area contributed by atoms with Gasteiger partial charge in [-0.25, -0.2) is 0 Å². The Morgan fingerprint density at radius 1 is 0.923 bits per heavy atom. The zero-order chi connectivity index (χ0) is 18.8. The number of ether oxygens (including phenoxy) is 1. The van der Waals surface area contributed by atoms with Crippen LogP contribution in [-0.4, -0.2) is 31.3 Å². The average Bonchev–Trinajstić information content (AvgIpc) is 2.62. The van der Waals surface area contributed by atoms with E-state index in [1.165, 1.54) is 0 Å². The van der Waals surface area contributed by atoms with Crippen LogP contribution in [0.5, 0.6) is 5.75 Å². The van der Waals surface area contributed by atoms with Gasteiger partial charge in [-0.1, -0.05) is 40.9 Å². The summed E-state index contributed by atoms with van der Waals surface area (Å²) in [5, 5.41) is 17.1. The van der Waals surface area contributed by atoms with Gasteiger partial charge in [0.05, 0.1) is 6.61 Å². The molecule has 0 unspecified atom stereocenters. The van der Waals surface area contributed by atoms with Crippen LogP contribution >= 0.6 is 34.8 Å². The van der Waals surface area contributed by atoms with Gasteiger partial charge in [-0.2, -0.15) is 0 Å². The maximum absolute atomic E-state index is 8.72. The second-order valence-corrected chi connectivity index (χ2v) is 7.00. The zero-order valence-corrected chi connectivity index (χ0v) is 16.7. The average molecular weight is 418 g/mol. The molecule has 0 atom stereocenters. The number of aliphatic hydroxyl groups excluding tert-OH is 1. The van der Waals surface area contributed by atoms with E-state index >= 15 is 0 Å². The second kappa shape index (κ2) is 11.7. The van der Waals surface area contributed by atoms with Crippen molar-refractivity contribution in [3.63, 3.8) is 0 Å². The second-order valence-electron chi connectivity index (χ2n) is 5.74. The molecule has 2 aromatic rings. The molecule has 0 saturated carbocycles. The van der Waals surface area contributed by atoms with Gasteiger partial charge in [-0.15, -0.1) is 0 Å². The summed E-state index contributed by atoms with van der Waals surface area (Å²) in [6, 6.07) is 10.9. The molecule has 0 saturated heterocycles. The van der Waals surface area contributed by atoms with Crippen LogP contribution in [-0.2, 0) is 13.2 Å². The highest BCUT2D eigenvalue weighted by Crippen LogP contribution is 2.28. The first kappa shape index (κ1) is 21.3. The molecule has 2 aromatic carbocycles. The van der Waals surface area contributed by atoms with Crippen LogP contribution in [0, 0.1) is 0 Å². The molecule has 0 amide bonds. The van der Waals surface area contributed by atoms with Gasteiger partial charge in [0.1, 0.15) is 12.4 Å². The summed E-state index contributed by atoms with van der Waals surface area (Å²) >= 11 is 18.5. The first-order chi connectivity index (χ1) is 12.6. The van der Waals surface area contributed by atoms with Crippen molar-refractivity contribution in [2.24, 2.45) is 0 Å². The number of nitrogens with one attached hydrogen (secondary N) is 2. The molecule has 0 aliphatic heterocycles. The van der Waals surface area contributed by atoms with E-state index in [0.29, 0.717) is 28.2 Å². The number of aliphatic hydroxyl groups is 1. The number of hydrogen-bond donors (Lipinski definition) is 3. The van der Waals surface area contributed by atoms with Crippen LogP contribution in [0.15, 0.2) is 36.4 Å². The summed E-state index contributed by atoms with van der Waals surface area (Å²) < 4.78 is 5.94. The maximum Gasteiger partial charge on any atom is 0.124 e. The summed E-state index contributed by atoms with van der Waals surface area (Å²) in [4.78, 5) is 0. The molecule has 142 valence electrons. The van der Waals surface area contributed by atoms with Crippen molar-refractivity contribution in [1.82, 2.24) is 10.6 Å². The molecule has 2 rings (SSSR count). The largest absolute Gasteiger partial charge is 0.488 e. The first-order valence-electron chi connectivity index (χ1n) is 8.48. The van der Waals surface area contributed by atoms with Gasteiger partial charge < -0.3 is 20.5 Å². The standard InChI is InChI=1S/C19H23Cl3N2O2/c20-15-5-6-19(26-13-16-17(21)3-1-4-18(16)22)14(11-15)12-24-8-2-7-23-9-10-25/h1,3-6,11,23-25H,2,7-10,12-13H2. The lowest BCUT2D eigenvalue weighted by molar-refractivity contribution is 0.292. The Bertz CT molecular complexity index is 678. The molecule has 0 aliphatic carbocycles. The summed E-state index contributed by atoms with van der Waals surface area (Å²) in [6.07, 6.45) is 0.964. The molecular weight excluding hydrogens is 395 g/mol. The van der Waals surface area contributed by atoms with E-state index in [9.17, 15) is 0 Å². The molecule has 0 heterocycles. The molecule has 0 aliphatic rings. The molecule has 7 heteroatoms. The van der Waals surface area contributed by atoms with E-state index < -0.39 is 0 Å². The fourth-order valence-electron chi connectivity index (χ4n) is 2.41. The minimum absolute atomic E-state index is 0.159. The first-order valence-corrected chi connectivity index (χ1v) is 9.61. The predicted octanol–water partition coefficient (Wildman–Crippen LogP) is 4.29. The van der Waals surface area contributed by atoms with E-state index in [2.05, 4.69) is 10.6 Å². The lowest BCUT2D eigenvalue weighted by Gasteiger charge is -2.14.